The van der Waals surface area contributed by atoms with Gasteiger partial charge in [0, 0.05) is 26.2 Å². The van der Waals surface area contributed by atoms with Crippen molar-refractivity contribution in [2.45, 2.75) is 43.4 Å². The molecule has 1 aromatic carbocycles. The topological polar surface area (TPSA) is 71.0 Å². The molecule has 0 bridgehead atoms. The lowest BCUT2D eigenvalue weighted by molar-refractivity contribution is -0.205. The molecule has 0 unspecified atom stereocenters. The van der Waals surface area contributed by atoms with Gasteiger partial charge < -0.3 is 19.9 Å². The van der Waals surface area contributed by atoms with Gasteiger partial charge in [-0.05, 0) is 38.3 Å². The molecule has 2 aliphatic rings. The van der Waals surface area contributed by atoms with Crippen molar-refractivity contribution in [1.82, 2.24) is 10.2 Å². The van der Waals surface area contributed by atoms with Crippen molar-refractivity contribution in [3.05, 3.63) is 42.5 Å². The Kier molecular flexibility index (Phi) is 5.89. The van der Waals surface area contributed by atoms with E-state index in [9.17, 15) is 9.90 Å². The van der Waals surface area contributed by atoms with Crippen LogP contribution in [0.2, 0.25) is 0 Å². The molecule has 1 amide bonds. The number of hydrogen-bond acceptors (Lipinski definition) is 5. The molecule has 0 aromatic heterocycles. The lowest BCUT2D eigenvalue weighted by Gasteiger charge is -2.53. The molecule has 2 saturated heterocycles. The van der Waals surface area contributed by atoms with Gasteiger partial charge in [0.15, 0.2) is 0 Å². The average molecular weight is 374 g/mol. The van der Waals surface area contributed by atoms with Crippen LogP contribution < -0.4 is 10.1 Å². The highest BCUT2D eigenvalue weighted by Gasteiger charge is 2.53. The normalized spacial score (nSPS) is 27.9. The zero-order valence-corrected chi connectivity index (χ0v) is 16.2. The zero-order chi connectivity index (χ0) is 19.5. The third kappa shape index (κ3) is 3.88. The summed E-state index contributed by atoms with van der Waals surface area (Å²) in [6, 6.07) is 7.12. The molecule has 3 rings (SSSR count). The number of benzene rings is 1. The number of nitrogens with one attached hydrogen (secondary N) is 1. The second-order valence-corrected chi connectivity index (χ2v) is 7.73. The number of nitrogens with zero attached hydrogens (tertiary/aromatic N) is 1. The largest absolute Gasteiger partial charge is 0.496 e. The van der Waals surface area contributed by atoms with Crippen molar-refractivity contribution < 1.29 is 19.4 Å². The SMILES string of the molecule is C=CCN1CCC2(CC1)OCC[C@@](C)(NC(=O)c1ccccc1OC)[C@@H]2O. The predicted molar refractivity (Wildman–Crippen MR) is 104 cm³/mol. The number of methoxy groups -OCH3 is 1. The monoisotopic (exact) mass is 374 g/mol. The van der Waals surface area contributed by atoms with Crippen LogP contribution in [0.1, 0.15) is 36.5 Å². The van der Waals surface area contributed by atoms with Crippen LogP contribution >= 0.6 is 0 Å². The molecule has 27 heavy (non-hydrogen) atoms. The van der Waals surface area contributed by atoms with Crippen LogP contribution in [0.25, 0.3) is 0 Å². The molecule has 0 saturated carbocycles. The van der Waals surface area contributed by atoms with Gasteiger partial charge in [-0.15, -0.1) is 6.58 Å². The first-order valence-electron chi connectivity index (χ1n) is 9.55. The van der Waals surface area contributed by atoms with Crippen LogP contribution in [0.15, 0.2) is 36.9 Å². The van der Waals surface area contributed by atoms with E-state index in [0.29, 0.717) is 24.3 Å². The van der Waals surface area contributed by atoms with Crippen LogP contribution in [0.5, 0.6) is 5.75 Å². The maximum atomic E-state index is 12.9. The Morgan fingerprint density at radius 3 is 2.78 bits per heavy atom. The summed E-state index contributed by atoms with van der Waals surface area (Å²) in [7, 11) is 1.54. The lowest BCUT2D eigenvalue weighted by Crippen LogP contribution is -2.69. The van der Waals surface area contributed by atoms with Gasteiger partial charge in [0.1, 0.15) is 11.9 Å². The summed E-state index contributed by atoms with van der Waals surface area (Å²) in [4.78, 5) is 15.2. The summed E-state index contributed by atoms with van der Waals surface area (Å²) in [6.07, 6.45) is 3.16. The first-order valence-corrected chi connectivity index (χ1v) is 9.55. The van der Waals surface area contributed by atoms with E-state index < -0.39 is 17.2 Å². The Balaban J connectivity index is 1.75. The number of para-hydroxylation sites is 1. The second kappa shape index (κ2) is 8.00. The molecule has 2 N–H and O–H groups in total. The minimum Gasteiger partial charge on any atom is -0.496 e. The fourth-order valence-corrected chi connectivity index (χ4v) is 4.27. The van der Waals surface area contributed by atoms with Gasteiger partial charge in [-0.1, -0.05) is 18.2 Å². The number of carbonyl (C=O) groups excluding carboxylic acids is 1. The molecular weight excluding hydrogens is 344 g/mol. The van der Waals surface area contributed by atoms with E-state index in [1.54, 1.807) is 25.3 Å². The van der Waals surface area contributed by atoms with Gasteiger partial charge in [0.25, 0.3) is 5.91 Å². The minimum atomic E-state index is -0.775. The summed E-state index contributed by atoms with van der Waals surface area (Å²) in [5.74, 6) is 0.280. The number of likely N-dealkylation sites (tertiary alicyclic amines) is 1. The Morgan fingerprint density at radius 1 is 1.41 bits per heavy atom. The van der Waals surface area contributed by atoms with E-state index in [1.165, 1.54) is 0 Å². The Labute approximate surface area is 161 Å². The van der Waals surface area contributed by atoms with Crippen LogP contribution in [-0.2, 0) is 4.74 Å². The van der Waals surface area contributed by atoms with Gasteiger partial charge in [-0.25, -0.2) is 0 Å². The van der Waals surface area contributed by atoms with Gasteiger partial charge >= 0.3 is 0 Å². The summed E-state index contributed by atoms with van der Waals surface area (Å²) in [6.45, 7) is 8.75. The van der Waals surface area contributed by atoms with Crippen LogP contribution in [-0.4, -0.2) is 66.5 Å². The fourth-order valence-electron chi connectivity index (χ4n) is 4.27. The van der Waals surface area contributed by atoms with Gasteiger partial charge in [0.2, 0.25) is 0 Å². The molecule has 2 fully saturated rings. The molecule has 1 spiro atoms. The highest BCUT2D eigenvalue weighted by molar-refractivity contribution is 5.97. The van der Waals surface area contributed by atoms with Crippen molar-refractivity contribution in [3.63, 3.8) is 0 Å². The number of amides is 1. The molecule has 6 heteroatoms. The van der Waals surface area contributed by atoms with E-state index in [-0.39, 0.29) is 5.91 Å². The summed E-state index contributed by atoms with van der Waals surface area (Å²) >= 11 is 0. The maximum absolute atomic E-state index is 12.9. The molecule has 2 heterocycles. The van der Waals surface area contributed by atoms with Crippen molar-refractivity contribution in [3.8, 4) is 5.75 Å². The van der Waals surface area contributed by atoms with Crippen molar-refractivity contribution in [1.29, 1.82) is 0 Å². The van der Waals surface area contributed by atoms with Crippen LogP contribution in [0, 0.1) is 0 Å². The van der Waals surface area contributed by atoms with E-state index in [2.05, 4.69) is 16.8 Å². The highest BCUT2D eigenvalue weighted by Crippen LogP contribution is 2.40. The number of aliphatic hydroxyl groups excluding tert-OH is 1. The van der Waals surface area contributed by atoms with E-state index in [4.69, 9.17) is 9.47 Å². The van der Waals surface area contributed by atoms with Crippen molar-refractivity contribution in [2.24, 2.45) is 0 Å². The summed E-state index contributed by atoms with van der Waals surface area (Å²) in [5, 5.41) is 14.3. The summed E-state index contributed by atoms with van der Waals surface area (Å²) < 4.78 is 11.4. The smallest absolute Gasteiger partial charge is 0.255 e. The Morgan fingerprint density at radius 2 is 2.11 bits per heavy atom. The number of aliphatic hydroxyl groups is 1. The number of rotatable bonds is 5. The number of carbonyl (C=O) groups is 1. The summed E-state index contributed by atoms with van der Waals surface area (Å²) in [5.41, 5.74) is -0.898. The van der Waals surface area contributed by atoms with E-state index in [1.807, 2.05) is 19.1 Å². The molecule has 2 atom stereocenters. The fraction of sp³-hybridized carbons (Fsp3) is 0.571. The first-order chi connectivity index (χ1) is 12.9. The number of ether oxygens (including phenoxy) is 2. The van der Waals surface area contributed by atoms with Crippen molar-refractivity contribution >= 4 is 5.91 Å². The third-order valence-electron chi connectivity index (χ3n) is 5.95. The lowest BCUT2D eigenvalue weighted by atomic mass is 9.73. The van der Waals surface area contributed by atoms with E-state index in [0.717, 1.165) is 32.5 Å². The highest BCUT2D eigenvalue weighted by atomic mass is 16.5. The van der Waals surface area contributed by atoms with Gasteiger partial charge in [-0.2, -0.15) is 0 Å². The molecular formula is C21H30N2O4. The molecule has 0 radical (unpaired) electrons. The Hall–Kier alpha value is -1.89. The third-order valence-corrected chi connectivity index (χ3v) is 5.95. The molecule has 2 aliphatic heterocycles. The van der Waals surface area contributed by atoms with Crippen LogP contribution in [0.4, 0.5) is 0 Å². The average Bonchev–Trinajstić information content (AvgIpc) is 2.68. The van der Waals surface area contributed by atoms with Gasteiger partial charge in [0.05, 0.1) is 23.8 Å². The van der Waals surface area contributed by atoms with Gasteiger partial charge in [-0.3, -0.25) is 9.69 Å². The van der Waals surface area contributed by atoms with Crippen LogP contribution in [0.3, 0.4) is 0 Å². The number of hydrogen-bond donors (Lipinski definition) is 2. The quantitative estimate of drug-likeness (QED) is 0.772. The predicted octanol–water partition coefficient (Wildman–Crippen LogP) is 1.99. The second-order valence-electron chi connectivity index (χ2n) is 7.73. The minimum absolute atomic E-state index is 0.241. The molecule has 1 aromatic rings. The molecule has 0 aliphatic carbocycles. The first kappa shape index (κ1) is 19.9. The zero-order valence-electron chi connectivity index (χ0n) is 16.2. The maximum Gasteiger partial charge on any atom is 0.255 e. The number of piperidine rings is 1. The standard InChI is InChI=1S/C21H30N2O4/c1-4-12-23-13-9-21(10-14-23)19(25)20(2,11-15-27-21)22-18(24)16-7-5-6-8-17(16)26-3/h4-8,19,25H,1,9-15H2,2-3H3,(H,22,24)/t19-,20+/m0/s1. The molecule has 6 nitrogen and oxygen atoms in total. The van der Waals surface area contributed by atoms with E-state index >= 15 is 0 Å². The molecule has 148 valence electrons. The van der Waals surface area contributed by atoms with Crippen molar-refractivity contribution in [2.75, 3.05) is 33.4 Å². The Bertz CT molecular complexity index is 685.